The minimum Gasteiger partial charge on any atom is -0.390 e. The molecule has 0 amide bonds. The number of ether oxygens (including phenoxy) is 2. The van der Waals surface area contributed by atoms with Crippen LogP contribution in [-0.4, -0.2) is 48.0 Å². The van der Waals surface area contributed by atoms with Crippen LogP contribution in [0.25, 0.3) is 5.53 Å². The number of nitrogens with one attached hydrogen (secondary N) is 2. The molecular weight excluding hydrogens is 226 g/mol. The molecule has 3 fully saturated rings. The lowest BCUT2D eigenvalue weighted by Gasteiger charge is -2.42. The van der Waals surface area contributed by atoms with Crippen LogP contribution in [0.15, 0.2) is 0 Å². The van der Waals surface area contributed by atoms with E-state index in [0.29, 0.717) is 13.2 Å². The van der Waals surface area contributed by atoms with Crippen molar-refractivity contribution in [3.8, 4) is 0 Å². The Balaban J connectivity index is 2.10. The largest absolute Gasteiger partial charge is 0.390 e. The Morgan fingerprint density at radius 2 is 2.12 bits per heavy atom. The monoisotopic (exact) mass is 245 g/mol. The maximum absolute atomic E-state index is 10.0. The molecule has 0 saturated carbocycles. The Labute approximate surface area is 99.6 Å². The van der Waals surface area contributed by atoms with E-state index in [1.54, 1.807) is 0 Å². The molecule has 3 heterocycles. The Morgan fingerprint density at radius 3 is 2.88 bits per heavy atom. The summed E-state index contributed by atoms with van der Waals surface area (Å²) in [7, 11) is 0. The minimum atomic E-state index is -1.00. The first-order chi connectivity index (χ1) is 8.24. The van der Waals surface area contributed by atoms with Gasteiger partial charge in [-0.15, -0.1) is 0 Å². The van der Waals surface area contributed by atoms with E-state index >= 15 is 0 Å². The van der Waals surface area contributed by atoms with Gasteiger partial charge in [-0.1, -0.05) is 6.42 Å². The van der Waals surface area contributed by atoms with Crippen molar-refractivity contribution in [3.05, 3.63) is 5.53 Å². The van der Waals surface area contributed by atoms with Crippen LogP contribution in [0.3, 0.4) is 0 Å². The maximum atomic E-state index is 10.0. The van der Waals surface area contributed by atoms with Crippen LogP contribution in [0.2, 0.25) is 0 Å². The summed E-state index contributed by atoms with van der Waals surface area (Å²) < 4.78 is 11.0. The molecule has 3 aliphatic rings. The predicted molar refractivity (Wildman–Crippen MR) is 56.3 cm³/mol. The van der Waals surface area contributed by atoms with Gasteiger partial charge in [0.25, 0.3) is 0 Å². The lowest BCUT2D eigenvalue weighted by Crippen LogP contribution is -2.77. The second kappa shape index (κ2) is 5.72. The zero-order valence-corrected chi connectivity index (χ0v) is 9.58. The second-order valence-electron chi connectivity index (χ2n) is 4.55. The first-order valence-electron chi connectivity index (χ1n) is 5.99. The fourth-order valence-corrected chi connectivity index (χ4v) is 2.51. The molecule has 2 bridgehead atoms. The summed E-state index contributed by atoms with van der Waals surface area (Å²) in [4.78, 5) is 0. The highest BCUT2D eigenvalue weighted by atomic mass is 16.7. The zero-order chi connectivity index (χ0) is 12.3. The fourth-order valence-electron chi connectivity index (χ4n) is 2.51. The molecule has 5 unspecified atom stereocenters. The standard InChI is InChI=1S/C10H19N3O4/c11-13-12-5-7-6-3-1-2-4-16-10(17-7)9(15)8(6)14/h6-10,13-15H,1-5H2,(H-,11,12). The van der Waals surface area contributed by atoms with Gasteiger partial charge in [0.15, 0.2) is 6.29 Å². The summed E-state index contributed by atoms with van der Waals surface area (Å²) in [6, 6.07) is 0. The molecule has 98 valence electrons. The number of fused-ring (bicyclic) bond motifs is 6. The minimum absolute atomic E-state index is 0.149. The van der Waals surface area contributed by atoms with Crippen molar-refractivity contribution in [3.63, 3.8) is 0 Å². The van der Waals surface area contributed by atoms with E-state index in [4.69, 9.17) is 15.0 Å². The molecule has 3 saturated heterocycles. The summed E-state index contributed by atoms with van der Waals surface area (Å²) in [6.45, 7) is 0.865. The molecule has 0 radical (unpaired) electrons. The average Bonchev–Trinajstić information content (AvgIpc) is 2.47. The van der Waals surface area contributed by atoms with E-state index in [-0.39, 0.29) is 12.0 Å². The maximum Gasteiger partial charge on any atom is 0.186 e. The number of hydrazine groups is 1. The van der Waals surface area contributed by atoms with Gasteiger partial charge in [-0.2, -0.15) is 10.8 Å². The van der Waals surface area contributed by atoms with Crippen molar-refractivity contribution in [1.29, 1.82) is 0 Å². The third kappa shape index (κ3) is 2.74. The van der Waals surface area contributed by atoms with Crippen LogP contribution < -0.4 is 10.6 Å². The molecule has 0 spiro atoms. The molecule has 7 heteroatoms. The Morgan fingerprint density at radius 1 is 1.29 bits per heavy atom. The topological polar surface area (TPSA) is 107 Å². The van der Waals surface area contributed by atoms with E-state index in [9.17, 15) is 10.2 Å². The van der Waals surface area contributed by atoms with Crippen LogP contribution in [0.1, 0.15) is 19.3 Å². The molecule has 0 aromatic carbocycles. The summed E-state index contributed by atoms with van der Waals surface area (Å²) in [5.74, 6) is -0.149. The van der Waals surface area contributed by atoms with Gasteiger partial charge in [-0.3, -0.25) is 5.43 Å². The number of hydrogen-bond donors (Lipinski definition) is 4. The van der Waals surface area contributed by atoms with Gasteiger partial charge >= 0.3 is 0 Å². The summed E-state index contributed by atoms with van der Waals surface area (Å²) >= 11 is 0. The van der Waals surface area contributed by atoms with Gasteiger partial charge in [0.2, 0.25) is 0 Å². The number of hydrogen-bond acceptors (Lipinski definition) is 4. The first-order valence-corrected chi connectivity index (χ1v) is 5.99. The third-order valence-electron chi connectivity index (χ3n) is 3.45. The van der Waals surface area contributed by atoms with Crippen molar-refractivity contribution in [1.82, 2.24) is 5.43 Å². The SMILES string of the molecule is [N-]=[NH+]NCC1OC2OCCCCC1C(O)C2O. The quantitative estimate of drug-likeness (QED) is 0.335. The number of aliphatic hydroxyl groups excluding tert-OH is 2. The first kappa shape index (κ1) is 12.7. The third-order valence-corrected chi connectivity index (χ3v) is 3.45. The van der Waals surface area contributed by atoms with E-state index in [2.05, 4.69) is 5.43 Å². The molecule has 4 N–H and O–H groups in total. The van der Waals surface area contributed by atoms with Crippen molar-refractivity contribution >= 4 is 0 Å². The number of aliphatic hydroxyl groups is 2. The predicted octanol–water partition coefficient (Wildman–Crippen LogP) is -2.14. The van der Waals surface area contributed by atoms with Gasteiger partial charge in [-0.25, -0.2) is 0 Å². The van der Waals surface area contributed by atoms with Crippen LogP contribution in [0, 0.1) is 5.92 Å². The van der Waals surface area contributed by atoms with E-state index < -0.39 is 18.5 Å². The van der Waals surface area contributed by atoms with Crippen LogP contribution in [0.4, 0.5) is 0 Å². The summed E-state index contributed by atoms with van der Waals surface area (Å²) in [5, 5.41) is 21.7. The van der Waals surface area contributed by atoms with Gasteiger partial charge in [0, 0.05) is 19.1 Å². The van der Waals surface area contributed by atoms with Crippen molar-refractivity contribution in [2.24, 2.45) is 5.92 Å². The van der Waals surface area contributed by atoms with Crippen molar-refractivity contribution in [2.75, 3.05) is 13.2 Å². The van der Waals surface area contributed by atoms with Crippen molar-refractivity contribution in [2.45, 2.75) is 43.9 Å². The average molecular weight is 245 g/mol. The number of rotatable bonds is 3. The van der Waals surface area contributed by atoms with Crippen molar-refractivity contribution < 1.29 is 24.9 Å². The molecular formula is C10H19N3O4. The van der Waals surface area contributed by atoms with Crippen LogP contribution in [0.5, 0.6) is 0 Å². The van der Waals surface area contributed by atoms with Crippen LogP contribution >= 0.6 is 0 Å². The normalized spacial score (nSPS) is 42.4. The molecule has 0 aliphatic carbocycles. The smallest absolute Gasteiger partial charge is 0.186 e. The lowest BCUT2D eigenvalue weighted by molar-refractivity contribution is -0.551. The van der Waals surface area contributed by atoms with Gasteiger partial charge in [0.05, 0.1) is 12.2 Å². The van der Waals surface area contributed by atoms with Gasteiger partial charge in [0.1, 0.15) is 6.10 Å². The summed E-state index contributed by atoms with van der Waals surface area (Å²) in [5.41, 5.74) is 11.0. The Kier molecular flexibility index (Phi) is 4.27. The molecule has 17 heavy (non-hydrogen) atoms. The van der Waals surface area contributed by atoms with E-state index in [0.717, 1.165) is 19.3 Å². The molecule has 3 rings (SSSR count). The Bertz CT molecular complexity index is 264. The molecule has 5 atom stereocenters. The van der Waals surface area contributed by atoms with Gasteiger partial charge in [-0.05, 0) is 12.8 Å². The van der Waals surface area contributed by atoms with Gasteiger partial charge < -0.3 is 19.7 Å². The molecule has 3 aliphatic heterocycles. The molecule has 7 nitrogen and oxygen atoms in total. The fraction of sp³-hybridized carbons (Fsp3) is 1.00. The molecule has 0 aromatic rings. The summed E-state index contributed by atoms with van der Waals surface area (Å²) in [6.07, 6.45) is -0.344. The highest BCUT2D eigenvalue weighted by Gasteiger charge is 2.44. The second-order valence-corrected chi connectivity index (χ2v) is 4.55. The number of nitrogens with zero attached hydrogens (tertiary/aromatic N) is 1. The Hall–Kier alpha value is -0.760. The highest BCUT2D eigenvalue weighted by Crippen LogP contribution is 2.31. The zero-order valence-electron chi connectivity index (χ0n) is 9.58. The molecule has 0 aromatic heterocycles. The van der Waals surface area contributed by atoms with Crippen LogP contribution in [-0.2, 0) is 9.47 Å². The highest BCUT2D eigenvalue weighted by molar-refractivity contribution is 4.90. The van der Waals surface area contributed by atoms with E-state index in [1.165, 1.54) is 0 Å². The lowest BCUT2D eigenvalue weighted by atomic mass is 9.85. The van der Waals surface area contributed by atoms with E-state index in [1.807, 2.05) is 5.22 Å².